The number of hydrogen-bond acceptors (Lipinski definition) is 5. The maximum atomic E-state index is 10.9. The molecular formula is C28H33NO4. The first kappa shape index (κ1) is 23.3. The Balaban J connectivity index is 1.35. The molecule has 1 aliphatic heterocycles. The van der Waals surface area contributed by atoms with Gasteiger partial charge in [-0.25, -0.2) is 0 Å². The van der Waals surface area contributed by atoms with Crippen molar-refractivity contribution in [3.05, 3.63) is 95.6 Å². The predicted octanol–water partition coefficient (Wildman–Crippen LogP) is 5.21. The number of hydrogen-bond donors (Lipinski definition) is 2. The molecule has 1 heterocycles. The quantitative estimate of drug-likeness (QED) is 0.472. The van der Waals surface area contributed by atoms with Crippen LogP contribution in [0.1, 0.15) is 49.1 Å². The lowest BCUT2D eigenvalue weighted by Gasteiger charge is -2.42. The van der Waals surface area contributed by atoms with Crippen LogP contribution in [0.2, 0.25) is 0 Å². The molecule has 3 aromatic carbocycles. The van der Waals surface area contributed by atoms with E-state index in [1.807, 2.05) is 68.4 Å². The Labute approximate surface area is 196 Å². The standard InChI is InChI=1S/C28H33NO4/c1-28(2)27(30)26(23-11-7-8-12-25(23)33-28)29-18-17-24(31-3)21-13-15-22(16-14-21)32-19-20-9-5-4-6-10-20/h4-16,24,26-27,29-30H,17-19H2,1-3H3. The molecule has 0 amide bonds. The maximum Gasteiger partial charge on any atom is 0.131 e. The lowest BCUT2D eigenvalue weighted by molar-refractivity contribution is -0.0649. The van der Waals surface area contributed by atoms with Gasteiger partial charge >= 0.3 is 0 Å². The molecule has 1 aliphatic rings. The van der Waals surface area contributed by atoms with E-state index in [4.69, 9.17) is 14.2 Å². The third-order valence-electron chi connectivity index (χ3n) is 6.21. The molecule has 5 nitrogen and oxygen atoms in total. The predicted molar refractivity (Wildman–Crippen MR) is 129 cm³/mol. The van der Waals surface area contributed by atoms with Gasteiger partial charge in [0.2, 0.25) is 0 Å². The fourth-order valence-electron chi connectivity index (χ4n) is 4.28. The van der Waals surface area contributed by atoms with Crippen LogP contribution in [0, 0.1) is 0 Å². The van der Waals surface area contributed by atoms with Crippen molar-refractivity contribution in [2.24, 2.45) is 0 Å². The highest BCUT2D eigenvalue weighted by Crippen LogP contribution is 2.39. The molecule has 0 radical (unpaired) electrons. The highest BCUT2D eigenvalue weighted by atomic mass is 16.5. The van der Waals surface area contributed by atoms with Crippen LogP contribution in [0.25, 0.3) is 0 Å². The zero-order valence-corrected chi connectivity index (χ0v) is 19.5. The lowest BCUT2D eigenvalue weighted by atomic mass is 9.86. The zero-order valence-electron chi connectivity index (χ0n) is 19.5. The van der Waals surface area contributed by atoms with Crippen molar-refractivity contribution in [1.29, 1.82) is 0 Å². The second kappa shape index (κ2) is 10.4. The average Bonchev–Trinajstić information content (AvgIpc) is 2.83. The van der Waals surface area contributed by atoms with Gasteiger partial charge in [0.05, 0.1) is 12.1 Å². The van der Waals surface area contributed by atoms with Crippen molar-refractivity contribution in [1.82, 2.24) is 5.32 Å². The molecular weight excluding hydrogens is 414 g/mol. The van der Waals surface area contributed by atoms with Gasteiger partial charge in [0.25, 0.3) is 0 Å². The number of benzene rings is 3. The van der Waals surface area contributed by atoms with Gasteiger partial charge in [-0.1, -0.05) is 60.7 Å². The molecule has 3 unspecified atom stereocenters. The average molecular weight is 448 g/mol. The molecule has 33 heavy (non-hydrogen) atoms. The van der Waals surface area contributed by atoms with E-state index in [2.05, 4.69) is 29.6 Å². The first-order chi connectivity index (χ1) is 16.0. The van der Waals surface area contributed by atoms with E-state index < -0.39 is 11.7 Å². The van der Waals surface area contributed by atoms with E-state index in [9.17, 15) is 5.11 Å². The number of aliphatic hydroxyl groups excluding tert-OH is 1. The van der Waals surface area contributed by atoms with Gasteiger partial charge in [-0.3, -0.25) is 0 Å². The second-order valence-electron chi connectivity index (χ2n) is 8.98. The van der Waals surface area contributed by atoms with E-state index in [0.717, 1.165) is 34.6 Å². The SMILES string of the molecule is COC(CCNC1c2ccccc2OC(C)(C)C1O)c1ccc(OCc2ccccc2)cc1. The summed E-state index contributed by atoms with van der Waals surface area (Å²) in [5.41, 5.74) is 2.56. The van der Waals surface area contributed by atoms with E-state index in [-0.39, 0.29) is 12.1 Å². The minimum absolute atomic E-state index is 0.0547. The molecule has 5 heteroatoms. The highest BCUT2D eigenvalue weighted by molar-refractivity contribution is 5.40. The van der Waals surface area contributed by atoms with Crippen molar-refractivity contribution in [2.45, 2.75) is 50.7 Å². The summed E-state index contributed by atoms with van der Waals surface area (Å²) in [6.45, 7) is 5.07. The van der Waals surface area contributed by atoms with Crippen LogP contribution in [-0.2, 0) is 11.3 Å². The van der Waals surface area contributed by atoms with Crippen LogP contribution in [0.3, 0.4) is 0 Å². The van der Waals surface area contributed by atoms with Crippen LogP contribution in [0.15, 0.2) is 78.9 Å². The molecule has 3 atom stereocenters. The number of nitrogens with one attached hydrogen (secondary N) is 1. The smallest absolute Gasteiger partial charge is 0.131 e. The summed E-state index contributed by atoms with van der Waals surface area (Å²) < 4.78 is 17.7. The molecule has 174 valence electrons. The lowest BCUT2D eigenvalue weighted by Crippen LogP contribution is -2.52. The Morgan fingerprint density at radius 1 is 0.970 bits per heavy atom. The van der Waals surface area contributed by atoms with Crippen molar-refractivity contribution in [3.63, 3.8) is 0 Å². The van der Waals surface area contributed by atoms with Crippen molar-refractivity contribution < 1.29 is 19.3 Å². The first-order valence-corrected chi connectivity index (χ1v) is 11.5. The summed E-state index contributed by atoms with van der Waals surface area (Å²) in [5.74, 6) is 1.65. The van der Waals surface area contributed by atoms with Gasteiger partial charge in [-0.2, -0.15) is 0 Å². The van der Waals surface area contributed by atoms with Crippen LogP contribution in [-0.4, -0.2) is 30.5 Å². The van der Waals surface area contributed by atoms with E-state index in [0.29, 0.717) is 13.2 Å². The Hall–Kier alpha value is -2.86. The molecule has 0 fully saturated rings. The third kappa shape index (κ3) is 5.56. The Kier molecular flexibility index (Phi) is 7.33. The molecule has 0 spiro atoms. The zero-order chi connectivity index (χ0) is 23.3. The monoisotopic (exact) mass is 447 g/mol. The number of methoxy groups -OCH3 is 1. The van der Waals surface area contributed by atoms with Gasteiger partial charge in [0.1, 0.15) is 29.8 Å². The number of fused-ring (bicyclic) bond motifs is 1. The topological polar surface area (TPSA) is 60.0 Å². The van der Waals surface area contributed by atoms with Crippen molar-refractivity contribution in [2.75, 3.05) is 13.7 Å². The molecule has 0 aromatic heterocycles. The van der Waals surface area contributed by atoms with Crippen molar-refractivity contribution in [3.8, 4) is 11.5 Å². The van der Waals surface area contributed by atoms with Crippen LogP contribution >= 0.6 is 0 Å². The van der Waals surface area contributed by atoms with Gasteiger partial charge in [0.15, 0.2) is 0 Å². The molecule has 0 bridgehead atoms. The molecule has 4 rings (SSSR count). The summed E-state index contributed by atoms with van der Waals surface area (Å²) in [4.78, 5) is 0. The Morgan fingerprint density at radius 2 is 1.67 bits per heavy atom. The summed E-state index contributed by atoms with van der Waals surface area (Å²) in [5, 5.41) is 14.4. The first-order valence-electron chi connectivity index (χ1n) is 11.5. The molecule has 3 aromatic rings. The van der Waals surface area contributed by atoms with Crippen LogP contribution in [0.4, 0.5) is 0 Å². The number of ether oxygens (including phenoxy) is 3. The molecule has 0 saturated carbocycles. The fourth-order valence-corrected chi connectivity index (χ4v) is 4.28. The van der Waals surface area contributed by atoms with E-state index in [1.165, 1.54) is 0 Å². The van der Waals surface area contributed by atoms with Gasteiger partial charge in [0, 0.05) is 12.7 Å². The Bertz CT molecular complexity index is 1020. The Morgan fingerprint density at radius 3 is 2.39 bits per heavy atom. The van der Waals surface area contributed by atoms with Crippen LogP contribution in [0.5, 0.6) is 11.5 Å². The normalized spacial score (nSPS) is 19.9. The van der Waals surface area contributed by atoms with E-state index in [1.54, 1.807) is 7.11 Å². The number of rotatable bonds is 9. The van der Waals surface area contributed by atoms with Gasteiger partial charge in [-0.05, 0) is 56.1 Å². The van der Waals surface area contributed by atoms with Gasteiger partial charge < -0.3 is 24.6 Å². The number of aliphatic hydroxyl groups is 1. The van der Waals surface area contributed by atoms with Gasteiger partial charge in [-0.15, -0.1) is 0 Å². The summed E-state index contributed by atoms with van der Waals surface area (Å²) in [6, 6.07) is 25.9. The summed E-state index contributed by atoms with van der Waals surface area (Å²) in [6.07, 6.45) is 0.0586. The molecule has 0 aliphatic carbocycles. The molecule has 0 saturated heterocycles. The fraction of sp³-hybridized carbons (Fsp3) is 0.357. The largest absolute Gasteiger partial charge is 0.489 e. The molecule has 2 N–H and O–H groups in total. The maximum absolute atomic E-state index is 10.9. The summed E-state index contributed by atoms with van der Waals surface area (Å²) >= 11 is 0. The minimum atomic E-state index is -0.664. The number of para-hydroxylation sites is 1. The summed E-state index contributed by atoms with van der Waals surface area (Å²) in [7, 11) is 1.73. The highest BCUT2D eigenvalue weighted by Gasteiger charge is 2.42. The van der Waals surface area contributed by atoms with Crippen LogP contribution < -0.4 is 14.8 Å². The van der Waals surface area contributed by atoms with E-state index >= 15 is 0 Å². The minimum Gasteiger partial charge on any atom is -0.489 e. The second-order valence-corrected chi connectivity index (χ2v) is 8.98. The van der Waals surface area contributed by atoms with Crippen molar-refractivity contribution >= 4 is 0 Å². The third-order valence-corrected chi connectivity index (χ3v) is 6.21.